The minimum atomic E-state index is 0.602. The number of hydrogen-bond donors (Lipinski definition) is 0. The topological polar surface area (TPSA) is 51.8 Å². The Morgan fingerprint density at radius 2 is 0.770 bits per heavy atom. The fourth-order valence-electron chi connectivity index (χ4n) is 8.89. The van der Waals surface area contributed by atoms with Crippen molar-refractivity contribution >= 4 is 54.3 Å². The van der Waals surface area contributed by atoms with Gasteiger partial charge in [0.25, 0.3) is 0 Å². The smallest absolute Gasteiger partial charge is 0.164 e. The Bertz CT molecular complexity index is 3660. The van der Waals surface area contributed by atoms with Crippen LogP contribution in [0.25, 0.3) is 122 Å². The van der Waals surface area contributed by atoms with Gasteiger partial charge < -0.3 is 4.42 Å². The third kappa shape index (κ3) is 6.12. The molecule has 4 nitrogen and oxygen atoms in total. The van der Waals surface area contributed by atoms with E-state index >= 15 is 0 Å². The van der Waals surface area contributed by atoms with Crippen molar-refractivity contribution in [2.75, 3.05) is 0 Å². The maximum absolute atomic E-state index is 6.28. The molecule has 0 unspecified atom stereocenters. The van der Waals surface area contributed by atoms with E-state index in [1.807, 2.05) is 24.3 Å². The molecule has 0 aliphatic carbocycles. The Kier molecular flexibility index (Phi) is 8.13. The van der Waals surface area contributed by atoms with Crippen LogP contribution >= 0.6 is 0 Å². The molecule has 0 amide bonds. The highest BCUT2D eigenvalue weighted by molar-refractivity contribution is 6.12. The molecule has 0 saturated heterocycles. The van der Waals surface area contributed by atoms with Crippen molar-refractivity contribution in [2.45, 2.75) is 0 Å². The van der Waals surface area contributed by atoms with Crippen molar-refractivity contribution in [3.8, 4) is 67.5 Å². The highest BCUT2D eigenvalue weighted by Crippen LogP contribution is 2.38. The number of nitrogens with zero attached hydrogens (tertiary/aromatic N) is 3. The van der Waals surface area contributed by atoms with Gasteiger partial charge in [-0.25, -0.2) is 15.0 Å². The molecule has 0 aliphatic heterocycles. The molecule has 0 aliphatic rings. The molecule has 284 valence electrons. The van der Waals surface area contributed by atoms with Gasteiger partial charge in [-0.3, -0.25) is 0 Å². The SMILES string of the molecule is c1ccc(-c2ccc3cccc(-c4nc(-c5cccc(-c6ccc7c(c6)oc6ccccc67)c5)nc(-c5cccc(-c6cccc7c6ccc6ccccc67)c5)n4)c3c2)cc1. The molecule has 0 fully saturated rings. The summed E-state index contributed by atoms with van der Waals surface area (Å²) in [5.74, 6) is 1.83. The molecule has 2 aromatic heterocycles. The molecule has 0 saturated carbocycles. The van der Waals surface area contributed by atoms with E-state index in [1.54, 1.807) is 0 Å². The van der Waals surface area contributed by atoms with Gasteiger partial charge in [0.1, 0.15) is 11.2 Å². The van der Waals surface area contributed by atoms with E-state index in [2.05, 4.69) is 188 Å². The fourth-order valence-corrected chi connectivity index (χ4v) is 8.89. The van der Waals surface area contributed by atoms with Crippen LogP contribution in [0.5, 0.6) is 0 Å². The molecule has 10 aromatic carbocycles. The lowest BCUT2D eigenvalue weighted by atomic mass is 9.94. The van der Waals surface area contributed by atoms with Crippen LogP contribution in [-0.2, 0) is 0 Å². The first-order valence-corrected chi connectivity index (χ1v) is 20.6. The van der Waals surface area contributed by atoms with Crippen molar-refractivity contribution < 1.29 is 4.42 Å². The number of benzene rings is 10. The fraction of sp³-hybridized carbons (Fsp3) is 0. The predicted molar refractivity (Wildman–Crippen MR) is 252 cm³/mol. The molecular weight excluding hydrogens is 743 g/mol. The molecule has 0 N–H and O–H groups in total. The van der Waals surface area contributed by atoms with Crippen LogP contribution in [0.3, 0.4) is 0 Å². The number of para-hydroxylation sites is 1. The van der Waals surface area contributed by atoms with Gasteiger partial charge in [-0.2, -0.15) is 0 Å². The summed E-state index contributed by atoms with van der Waals surface area (Å²) in [5, 5.41) is 9.33. The Morgan fingerprint density at radius 3 is 1.64 bits per heavy atom. The number of hydrogen-bond acceptors (Lipinski definition) is 4. The predicted octanol–water partition coefficient (Wildman–Crippen LogP) is 15.2. The minimum Gasteiger partial charge on any atom is -0.456 e. The normalized spacial score (nSPS) is 11.6. The lowest BCUT2D eigenvalue weighted by molar-refractivity contribution is 0.669. The monoisotopic (exact) mass is 777 g/mol. The third-order valence-electron chi connectivity index (χ3n) is 11.9. The van der Waals surface area contributed by atoms with Crippen LogP contribution in [0.2, 0.25) is 0 Å². The van der Waals surface area contributed by atoms with E-state index in [0.29, 0.717) is 17.5 Å². The van der Waals surface area contributed by atoms with E-state index in [4.69, 9.17) is 19.4 Å². The van der Waals surface area contributed by atoms with E-state index in [0.717, 1.165) is 82.8 Å². The Labute approximate surface area is 352 Å². The van der Waals surface area contributed by atoms with Crippen molar-refractivity contribution in [2.24, 2.45) is 0 Å². The summed E-state index contributed by atoms with van der Waals surface area (Å²) in [4.78, 5) is 15.8. The van der Waals surface area contributed by atoms with Crippen molar-refractivity contribution in [3.63, 3.8) is 0 Å². The van der Waals surface area contributed by atoms with E-state index in [1.165, 1.54) is 21.5 Å². The first-order valence-electron chi connectivity index (χ1n) is 20.6. The van der Waals surface area contributed by atoms with Crippen LogP contribution in [0.4, 0.5) is 0 Å². The highest BCUT2D eigenvalue weighted by Gasteiger charge is 2.17. The molecule has 4 heteroatoms. The van der Waals surface area contributed by atoms with Gasteiger partial charge in [0, 0.05) is 27.5 Å². The quantitative estimate of drug-likeness (QED) is 0.158. The van der Waals surface area contributed by atoms with E-state index in [9.17, 15) is 0 Å². The third-order valence-corrected chi connectivity index (χ3v) is 11.9. The van der Waals surface area contributed by atoms with Crippen LogP contribution in [0, 0.1) is 0 Å². The summed E-state index contributed by atoms with van der Waals surface area (Å²) < 4.78 is 6.28. The Hall–Kier alpha value is -8.21. The average molecular weight is 778 g/mol. The van der Waals surface area contributed by atoms with Crippen molar-refractivity contribution in [1.29, 1.82) is 0 Å². The maximum Gasteiger partial charge on any atom is 0.164 e. The second kappa shape index (κ2) is 14.3. The second-order valence-corrected chi connectivity index (χ2v) is 15.6. The van der Waals surface area contributed by atoms with Crippen molar-refractivity contribution in [3.05, 3.63) is 212 Å². The maximum atomic E-state index is 6.28. The Morgan fingerprint density at radius 1 is 0.246 bits per heavy atom. The number of rotatable bonds is 6. The summed E-state index contributed by atoms with van der Waals surface area (Å²) >= 11 is 0. The van der Waals surface area contributed by atoms with Crippen molar-refractivity contribution in [1.82, 2.24) is 15.0 Å². The first kappa shape index (κ1) is 34.8. The lowest BCUT2D eigenvalue weighted by Crippen LogP contribution is -2.01. The van der Waals surface area contributed by atoms with Crippen LogP contribution in [0.1, 0.15) is 0 Å². The molecule has 61 heavy (non-hydrogen) atoms. The van der Waals surface area contributed by atoms with Gasteiger partial charge in [0.05, 0.1) is 0 Å². The zero-order valence-corrected chi connectivity index (χ0v) is 33.0. The van der Waals surface area contributed by atoms with Gasteiger partial charge in [-0.15, -0.1) is 0 Å². The molecule has 0 bridgehead atoms. The number of aromatic nitrogens is 3. The van der Waals surface area contributed by atoms with E-state index < -0.39 is 0 Å². The standard InChI is InChI=1S/C57H35N3O/c1-2-12-36(13-3-1)40-27-26-38-15-10-24-51(52(38)34-40)57-59-55(43-18-8-16-39(32-43)41-29-31-50-49-21-6-7-25-53(49)61-54(50)35-41)58-56(60-57)44-19-9-17-42(33-44)46-22-11-23-47-45-20-5-4-14-37(45)28-30-48(46)47/h1-35H. The summed E-state index contributed by atoms with van der Waals surface area (Å²) in [6.07, 6.45) is 0. The molecule has 0 spiro atoms. The number of furan rings is 1. The van der Waals surface area contributed by atoms with E-state index in [-0.39, 0.29) is 0 Å². The largest absolute Gasteiger partial charge is 0.456 e. The summed E-state index contributed by atoms with van der Waals surface area (Å²) in [6.45, 7) is 0. The summed E-state index contributed by atoms with van der Waals surface area (Å²) in [5.41, 5.74) is 11.2. The van der Waals surface area contributed by atoms with Crippen LogP contribution < -0.4 is 0 Å². The zero-order valence-electron chi connectivity index (χ0n) is 33.0. The van der Waals surface area contributed by atoms with Gasteiger partial charge in [0.2, 0.25) is 0 Å². The lowest BCUT2D eigenvalue weighted by Gasteiger charge is -2.13. The molecule has 2 heterocycles. The zero-order chi connectivity index (χ0) is 40.3. The van der Waals surface area contributed by atoms with Crippen LogP contribution in [0.15, 0.2) is 217 Å². The molecule has 12 aromatic rings. The highest BCUT2D eigenvalue weighted by atomic mass is 16.3. The van der Waals surface area contributed by atoms with Gasteiger partial charge in [-0.05, 0) is 102 Å². The molecule has 0 atom stereocenters. The minimum absolute atomic E-state index is 0.602. The molecular formula is C57H35N3O. The molecule has 0 radical (unpaired) electrons. The van der Waals surface area contributed by atoms with Crippen LogP contribution in [-0.4, -0.2) is 15.0 Å². The average Bonchev–Trinajstić information content (AvgIpc) is 3.71. The van der Waals surface area contributed by atoms with Gasteiger partial charge in [0.15, 0.2) is 17.5 Å². The Balaban J connectivity index is 1.03. The molecule has 12 rings (SSSR count). The second-order valence-electron chi connectivity index (χ2n) is 15.6. The summed E-state index contributed by atoms with van der Waals surface area (Å²) in [7, 11) is 0. The van der Waals surface area contributed by atoms with Gasteiger partial charge in [-0.1, -0.05) is 176 Å². The summed E-state index contributed by atoms with van der Waals surface area (Å²) in [6, 6.07) is 74.7. The van der Waals surface area contributed by atoms with Gasteiger partial charge >= 0.3 is 0 Å². The first-order chi connectivity index (χ1) is 30.2. The number of fused-ring (bicyclic) bond motifs is 7.